The second-order valence-corrected chi connectivity index (χ2v) is 8.28. The predicted molar refractivity (Wildman–Crippen MR) is 134 cm³/mol. The van der Waals surface area contributed by atoms with E-state index in [2.05, 4.69) is 21.1 Å². The number of hydrogen-bond donors (Lipinski definition) is 4. The monoisotopic (exact) mass is 516 g/mol. The number of aliphatic hydroxyl groups is 1. The highest BCUT2D eigenvalue weighted by Crippen LogP contribution is 2.29. The van der Waals surface area contributed by atoms with Crippen molar-refractivity contribution in [2.24, 2.45) is 5.92 Å². The highest BCUT2D eigenvalue weighted by atomic mass is 16.6. The molecule has 0 radical (unpaired) electrons. The average Bonchev–Trinajstić information content (AvgIpc) is 3.45. The summed E-state index contributed by atoms with van der Waals surface area (Å²) in [6.45, 7) is 14.0. The molecule has 2 heterocycles. The fourth-order valence-electron chi connectivity index (χ4n) is 2.76. The Morgan fingerprint density at radius 1 is 1.22 bits per heavy atom. The number of hydrogen-bond acceptors (Lipinski definition) is 9. The Kier molecular flexibility index (Phi) is 19.0. The third-order valence-electron chi connectivity index (χ3n) is 4.46. The molecule has 3 atom stereocenters. The van der Waals surface area contributed by atoms with Gasteiger partial charge in [-0.25, -0.2) is 0 Å². The Morgan fingerprint density at radius 3 is 2.22 bits per heavy atom. The zero-order chi connectivity index (χ0) is 28.3. The molecule has 1 aliphatic heterocycles. The summed E-state index contributed by atoms with van der Waals surface area (Å²) in [5.41, 5.74) is -0.448. The molecule has 0 aromatic carbocycles. The lowest BCUT2D eigenvalue weighted by Crippen LogP contribution is -2.48. The molecule has 0 spiro atoms. The van der Waals surface area contributed by atoms with Crippen molar-refractivity contribution >= 4 is 24.0 Å². The summed E-state index contributed by atoms with van der Waals surface area (Å²) in [4.78, 5) is 45.2. The second-order valence-electron chi connectivity index (χ2n) is 8.28. The van der Waals surface area contributed by atoms with Gasteiger partial charge in [0.15, 0.2) is 11.5 Å². The first-order chi connectivity index (χ1) is 17.0. The number of epoxide rings is 1. The number of ether oxygens (including phenoxy) is 2. The minimum Gasteiger partial charge on any atom is -0.400 e. The van der Waals surface area contributed by atoms with Gasteiger partial charge in [0.1, 0.15) is 11.4 Å². The minimum atomic E-state index is -0.745. The molecule has 36 heavy (non-hydrogen) atoms. The number of aryl methyl sites for hydroxylation is 1. The van der Waals surface area contributed by atoms with Crippen LogP contribution in [0.5, 0.6) is 0 Å². The van der Waals surface area contributed by atoms with Gasteiger partial charge in [0.2, 0.25) is 12.3 Å². The molecule has 2 rings (SSSR count). The zero-order valence-corrected chi connectivity index (χ0v) is 23.0. The van der Waals surface area contributed by atoms with E-state index in [4.69, 9.17) is 19.1 Å². The summed E-state index contributed by atoms with van der Waals surface area (Å²) in [7, 11) is 2.59. The summed E-state index contributed by atoms with van der Waals surface area (Å²) in [6.07, 6.45) is 1.01. The molecule has 0 saturated carbocycles. The number of carbonyl (C=O) groups is 4. The molecule has 208 valence electrons. The van der Waals surface area contributed by atoms with Crippen molar-refractivity contribution in [3.63, 3.8) is 0 Å². The van der Waals surface area contributed by atoms with Crippen molar-refractivity contribution in [1.82, 2.24) is 21.1 Å². The van der Waals surface area contributed by atoms with Crippen LogP contribution in [-0.2, 0) is 23.9 Å². The van der Waals surface area contributed by atoms with E-state index >= 15 is 0 Å². The molecule has 1 aromatic heterocycles. The van der Waals surface area contributed by atoms with Crippen LogP contribution in [0.4, 0.5) is 0 Å². The lowest BCUT2D eigenvalue weighted by molar-refractivity contribution is -0.130. The molecule has 1 aromatic rings. The Bertz CT molecular complexity index is 778. The van der Waals surface area contributed by atoms with Crippen molar-refractivity contribution in [2.75, 3.05) is 34.0 Å². The number of nitrogens with zero attached hydrogens (tertiary/aromatic N) is 1. The molecule has 1 aliphatic rings. The van der Waals surface area contributed by atoms with E-state index in [1.54, 1.807) is 27.0 Å². The normalized spacial score (nSPS) is 16.9. The Morgan fingerprint density at radius 2 is 1.81 bits per heavy atom. The van der Waals surface area contributed by atoms with E-state index in [0.29, 0.717) is 37.5 Å². The Balaban J connectivity index is 0. The number of ketones is 1. The summed E-state index contributed by atoms with van der Waals surface area (Å²) in [5.74, 6) is 0.183. The van der Waals surface area contributed by atoms with Crippen LogP contribution in [0, 0.1) is 12.8 Å². The van der Waals surface area contributed by atoms with Gasteiger partial charge in [-0.1, -0.05) is 32.9 Å². The van der Waals surface area contributed by atoms with Gasteiger partial charge >= 0.3 is 0 Å². The maximum Gasteiger partial charge on any atom is 0.273 e. The van der Waals surface area contributed by atoms with E-state index in [9.17, 15) is 19.2 Å². The van der Waals surface area contributed by atoms with Crippen molar-refractivity contribution in [1.29, 1.82) is 0 Å². The van der Waals surface area contributed by atoms with E-state index in [1.807, 2.05) is 34.6 Å². The number of rotatable bonds is 12. The van der Waals surface area contributed by atoms with Crippen LogP contribution in [0.2, 0.25) is 0 Å². The first kappa shape index (κ1) is 35.3. The Labute approximate surface area is 213 Å². The third kappa shape index (κ3) is 14.5. The van der Waals surface area contributed by atoms with Crippen molar-refractivity contribution < 1.29 is 38.3 Å². The van der Waals surface area contributed by atoms with Gasteiger partial charge in [0, 0.05) is 26.3 Å². The first-order valence-corrected chi connectivity index (χ1v) is 11.8. The van der Waals surface area contributed by atoms with E-state index in [0.717, 1.165) is 7.11 Å². The minimum absolute atomic E-state index is 0.0375. The number of amides is 3. The highest BCUT2D eigenvalue weighted by Gasteiger charge is 2.50. The van der Waals surface area contributed by atoms with Crippen LogP contribution in [0.25, 0.3) is 0 Å². The molecule has 1 fully saturated rings. The van der Waals surface area contributed by atoms with Crippen molar-refractivity contribution in [3.8, 4) is 0 Å². The van der Waals surface area contributed by atoms with Gasteiger partial charge in [0.25, 0.3) is 5.91 Å². The molecule has 1 saturated heterocycles. The number of aromatic nitrogens is 1. The van der Waals surface area contributed by atoms with Crippen molar-refractivity contribution in [3.05, 3.63) is 17.5 Å². The number of nitrogens with one attached hydrogen (secondary N) is 3. The molecule has 12 nitrogen and oxygen atoms in total. The molecule has 0 aliphatic carbocycles. The number of carbonyl (C=O) groups excluding carboxylic acids is 4. The number of methoxy groups -OCH3 is 1. The quantitative estimate of drug-likeness (QED) is 0.233. The zero-order valence-electron chi connectivity index (χ0n) is 23.0. The van der Waals surface area contributed by atoms with Crippen molar-refractivity contribution in [2.45, 2.75) is 72.6 Å². The van der Waals surface area contributed by atoms with Gasteiger partial charge in [-0.2, -0.15) is 0 Å². The number of Topliss-reactive ketones (excluding diaryl/α,β-unsaturated/α-hetero) is 1. The fraction of sp³-hybridized carbons (Fsp3) is 0.708. The maximum atomic E-state index is 12.1. The van der Waals surface area contributed by atoms with Crippen LogP contribution in [0.1, 0.15) is 64.2 Å². The lowest BCUT2D eigenvalue weighted by Gasteiger charge is -2.21. The first-order valence-electron chi connectivity index (χ1n) is 11.8. The molecule has 12 heteroatoms. The van der Waals surface area contributed by atoms with E-state index in [-0.39, 0.29) is 36.1 Å². The van der Waals surface area contributed by atoms with Gasteiger partial charge < -0.3 is 35.1 Å². The lowest BCUT2D eigenvalue weighted by atomic mass is 9.93. The second kappa shape index (κ2) is 19.4. The van der Waals surface area contributed by atoms with Gasteiger partial charge in [-0.15, -0.1) is 0 Å². The van der Waals surface area contributed by atoms with Gasteiger partial charge in [0.05, 0.1) is 25.8 Å². The fourth-order valence-corrected chi connectivity index (χ4v) is 2.76. The van der Waals surface area contributed by atoms with Crippen LogP contribution >= 0.6 is 0 Å². The van der Waals surface area contributed by atoms with Crippen LogP contribution < -0.4 is 16.0 Å². The summed E-state index contributed by atoms with van der Waals surface area (Å²) >= 11 is 0. The molecular weight excluding hydrogens is 472 g/mol. The van der Waals surface area contributed by atoms with Crippen LogP contribution in [0.15, 0.2) is 10.6 Å². The topological polar surface area (TPSA) is 172 Å². The highest BCUT2D eigenvalue weighted by molar-refractivity contribution is 5.96. The maximum absolute atomic E-state index is 12.1. The SMILES string of the molecule is CC.CC(C)C[C@H](NC(=O)CNC=O)C(=O)[C@@]1(C)CO1.CO.COC[C@@H](C)NC(=O)c1cc(C)on1. The standard InChI is InChI=1S/C12H20N2O4.C9H14N2O3.C2H6.CH4O/c1-8(2)4-9(11(17)12(3)6-18-12)14-10(16)5-13-7-15;1-6(5-13-3)10-9(12)8-4-7(2)14-11-8;2*1-2/h7-9H,4-6H2,1-3H3,(H,13,15)(H,14,16);4,6H,5H2,1-3H3,(H,10,12);1-2H3;2H,1H3/t9-,12+;6-;;/m01../s1. The average molecular weight is 517 g/mol. The van der Waals surface area contributed by atoms with E-state index < -0.39 is 11.6 Å². The molecule has 0 bridgehead atoms. The molecule has 4 N–H and O–H groups in total. The molecular formula is C24H44N4O8. The summed E-state index contributed by atoms with van der Waals surface area (Å²) in [5, 5.41) is 18.2. The summed E-state index contributed by atoms with van der Waals surface area (Å²) in [6, 6.07) is 0.998. The third-order valence-corrected chi connectivity index (χ3v) is 4.46. The van der Waals surface area contributed by atoms with Crippen LogP contribution in [0.3, 0.4) is 0 Å². The Hall–Kier alpha value is -2.83. The largest absolute Gasteiger partial charge is 0.400 e. The predicted octanol–water partition coefficient (Wildman–Crippen LogP) is 1.00. The van der Waals surface area contributed by atoms with E-state index in [1.165, 1.54) is 0 Å². The van der Waals surface area contributed by atoms with Gasteiger partial charge in [-0.3, -0.25) is 19.2 Å². The van der Waals surface area contributed by atoms with Gasteiger partial charge in [-0.05, 0) is 33.1 Å². The summed E-state index contributed by atoms with van der Waals surface area (Å²) < 4.78 is 14.8. The molecule has 0 unspecified atom stereocenters. The molecule has 3 amide bonds. The van der Waals surface area contributed by atoms with Crippen LogP contribution in [-0.4, -0.2) is 85.9 Å². The smallest absolute Gasteiger partial charge is 0.273 e. The number of aliphatic hydroxyl groups excluding tert-OH is 1.